The monoisotopic (exact) mass is 256 g/mol. The smallest absolute Gasteiger partial charge is 0.229 e. The number of primary amides is 1. The highest BCUT2D eigenvalue weighted by Crippen LogP contribution is 2.23. The first-order valence-electron chi connectivity index (χ1n) is 5.76. The first kappa shape index (κ1) is 13.0. The minimum absolute atomic E-state index is 0.374. The standard InChI is InChI=1S/C14H14N3O2/c1-9(14(15)19)10-4-3-5-11(6-10)13-7-12(8-18)16-17(13)2/h3-8H,1-2H3,(H2,15,19). The first-order valence-corrected chi connectivity index (χ1v) is 5.76. The number of hydrogen-bond donors (Lipinski definition) is 1. The summed E-state index contributed by atoms with van der Waals surface area (Å²) < 4.78 is 1.63. The van der Waals surface area contributed by atoms with Crippen molar-refractivity contribution in [2.24, 2.45) is 12.8 Å². The van der Waals surface area contributed by atoms with Crippen molar-refractivity contribution >= 4 is 12.2 Å². The first-order chi connectivity index (χ1) is 9.02. The average molecular weight is 256 g/mol. The average Bonchev–Trinajstić information content (AvgIpc) is 2.79. The fourth-order valence-corrected chi connectivity index (χ4v) is 1.87. The molecule has 0 aliphatic carbocycles. The topological polar surface area (TPSA) is 78.0 Å². The Labute approximate surface area is 111 Å². The predicted octanol–water partition coefficient (Wildman–Crippen LogP) is 1.33. The Hall–Kier alpha value is -2.43. The highest BCUT2D eigenvalue weighted by Gasteiger charge is 2.14. The van der Waals surface area contributed by atoms with Gasteiger partial charge in [-0.25, -0.2) is 0 Å². The molecule has 2 N–H and O–H groups in total. The van der Waals surface area contributed by atoms with Crippen molar-refractivity contribution in [1.29, 1.82) is 0 Å². The third-order valence-electron chi connectivity index (χ3n) is 2.98. The van der Waals surface area contributed by atoms with Gasteiger partial charge in [-0.15, -0.1) is 0 Å². The van der Waals surface area contributed by atoms with Crippen molar-refractivity contribution in [3.05, 3.63) is 47.5 Å². The number of nitrogens with zero attached hydrogens (tertiary/aromatic N) is 2. The van der Waals surface area contributed by atoms with E-state index in [0.717, 1.165) is 16.8 Å². The highest BCUT2D eigenvalue weighted by molar-refractivity contribution is 5.92. The third kappa shape index (κ3) is 2.54. The minimum atomic E-state index is -0.448. The molecule has 5 nitrogen and oxygen atoms in total. The molecule has 0 saturated heterocycles. The third-order valence-corrected chi connectivity index (χ3v) is 2.98. The number of benzene rings is 1. The maximum absolute atomic E-state index is 11.2. The molecule has 1 aromatic heterocycles. The second kappa shape index (κ2) is 5.06. The number of hydrogen-bond acceptors (Lipinski definition) is 3. The summed E-state index contributed by atoms with van der Waals surface area (Å²) in [4.78, 5) is 21.9. The van der Waals surface area contributed by atoms with Crippen molar-refractivity contribution in [3.8, 4) is 11.3 Å². The molecule has 19 heavy (non-hydrogen) atoms. The maximum atomic E-state index is 11.2. The van der Waals surface area contributed by atoms with Gasteiger partial charge in [-0.05, 0) is 24.6 Å². The fourth-order valence-electron chi connectivity index (χ4n) is 1.87. The number of aryl methyl sites for hydroxylation is 1. The molecule has 0 aliphatic heterocycles. The van der Waals surface area contributed by atoms with Crippen LogP contribution in [0.5, 0.6) is 0 Å². The summed E-state index contributed by atoms with van der Waals surface area (Å²) in [7, 11) is 1.76. The van der Waals surface area contributed by atoms with Gasteiger partial charge in [-0.2, -0.15) is 5.10 Å². The zero-order valence-electron chi connectivity index (χ0n) is 10.8. The van der Waals surface area contributed by atoms with E-state index in [0.29, 0.717) is 17.9 Å². The van der Waals surface area contributed by atoms with Crippen molar-refractivity contribution in [1.82, 2.24) is 9.78 Å². The van der Waals surface area contributed by atoms with Gasteiger partial charge >= 0.3 is 0 Å². The van der Waals surface area contributed by atoms with E-state index < -0.39 is 5.91 Å². The lowest BCUT2D eigenvalue weighted by molar-refractivity contribution is -0.115. The van der Waals surface area contributed by atoms with Crippen molar-refractivity contribution in [3.63, 3.8) is 0 Å². The number of carbonyl (C=O) groups excluding carboxylic acids is 2. The van der Waals surface area contributed by atoms with Gasteiger partial charge < -0.3 is 5.73 Å². The molecule has 1 radical (unpaired) electrons. The predicted molar refractivity (Wildman–Crippen MR) is 71.2 cm³/mol. The van der Waals surface area contributed by atoms with E-state index in [9.17, 15) is 9.59 Å². The van der Waals surface area contributed by atoms with Crippen LogP contribution in [0.1, 0.15) is 23.0 Å². The summed E-state index contributed by atoms with van der Waals surface area (Å²) in [5.41, 5.74) is 8.09. The molecule has 1 amide bonds. The van der Waals surface area contributed by atoms with Crippen LogP contribution in [0.2, 0.25) is 0 Å². The second-order valence-corrected chi connectivity index (χ2v) is 4.27. The summed E-state index contributed by atoms with van der Waals surface area (Å²) in [5, 5.41) is 4.07. The summed E-state index contributed by atoms with van der Waals surface area (Å²) >= 11 is 0. The lowest BCUT2D eigenvalue weighted by Gasteiger charge is -2.09. The molecular formula is C14H14N3O2. The van der Waals surface area contributed by atoms with Crippen LogP contribution < -0.4 is 5.73 Å². The lowest BCUT2D eigenvalue weighted by atomic mass is 9.97. The Morgan fingerprint density at radius 2 is 2.11 bits per heavy atom. The Balaban J connectivity index is 2.45. The van der Waals surface area contributed by atoms with Gasteiger partial charge in [0, 0.05) is 12.6 Å². The molecule has 0 saturated carbocycles. The Kier molecular flexibility index (Phi) is 3.46. The van der Waals surface area contributed by atoms with Crippen LogP contribution in [0, 0.1) is 5.92 Å². The number of nitrogens with two attached hydrogens (primary N) is 1. The van der Waals surface area contributed by atoms with E-state index in [1.807, 2.05) is 24.3 Å². The molecule has 2 rings (SSSR count). The lowest BCUT2D eigenvalue weighted by Crippen LogP contribution is -2.19. The van der Waals surface area contributed by atoms with Crippen LogP contribution in [0.3, 0.4) is 0 Å². The Morgan fingerprint density at radius 1 is 1.37 bits per heavy atom. The van der Waals surface area contributed by atoms with E-state index in [1.54, 1.807) is 24.7 Å². The van der Waals surface area contributed by atoms with E-state index in [1.165, 1.54) is 0 Å². The Morgan fingerprint density at radius 3 is 2.68 bits per heavy atom. The van der Waals surface area contributed by atoms with Crippen molar-refractivity contribution in [2.75, 3.05) is 0 Å². The number of amides is 1. The molecule has 0 bridgehead atoms. The molecule has 0 spiro atoms. The van der Waals surface area contributed by atoms with Gasteiger partial charge in [-0.3, -0.25) is 14.3 Å². The van der Waals surface area contributed by atoms with E-state index in [-0.39, 0.29) is 0 Å². The minimum Gasteiger partial charge on any atom is -0.369 e. The number of rotatable bonds is 4. The largest absolute Gasteiger partial charge is 0.369 e. The van der Waals surface area contributed by atoms with E-state index >= 15 is 0 Å². The van der Waals surface area contributed by atoms with Gasteiger partial charge in [0.05, 0.1) is 11.6 Å². The molecule has 0 aliphatic rings. The summed E-state index contributed by atoms with van der Waals surface area (Å²) in [6, 6.07) is 9.10. The fraction of sp³-hybridized carbons (Fsp3) is 0.143. The normalized spacial score (nSPS) is 10.7. The van der Waals surface area contributed by atoms with Crippen LogP contribution in [-0.4, -0.2) is 22.0 Å². The van der Waals surface area contributed by atoms with Crippen LogP contribution in [0.15, 0.2) is 30.3 Å². The van der Waals surface area contributed by atoms with Crippen LogP contribution in [0.4, 0.5) is 0 Å². The number of aldehydes is 1. The maximum Gasteiger partial charge on any atom is 0.229 e. The van der Waals surface area contributed by atoms with Gasteiger partial charge in [0.2, 0.25) is 5.91 Å². The molecule has 97 valence electrons. The highest BCUT2D eigenvalue weighted by atomic mass is 16.1. The summed E-state index contributed by atoms with van der Waals surface area (Å²) in [6.07, 6.45) is 0.703. The molecular weight excluding hydrogens is 242 g/mol. The summed E-state index contributed by atoms with van der Waals surface area (Å²) in [5.74, 6) is 0.0513. The number of carbonyl (C=O) groups is 2. The molecule has 2 aromatic rings. The van der Waals surface area contributed by atoms with Crippen molar-refractivity contribution < 1.29 is 9.59 Å². The molecule has 0 atom stereocenters. The zero-order chi connectivity index (χ0) is 14.0. The van der Waals surface area contributed by atoms with Gasteiger partial charge in [-0.1, -0.05) is 18.2 Å². The quantitative estimate of drug-likeness (QED) is 0.838. The summed E-state index contributed by atoms with van der Waals surface area (Å²) in [6.45, 7) is 1.68. The Bertz CT molecular complexity index is 631. The van der Waals surface area contributed by atoms with Crippen LogP contribution in [0.25, 0.3) is 11.3 Å². The molecule has 0 fully saturated rings. The van der Waals surface area contributed by atoms with Crippen LogP contribution >= 0.6 is 0 Å². The molecule has 1 aromatic carbocycles. The van der Waals surface area contributed by atoms with Gasteiger partial charge in [0.1, 0.15) is 5.69 Å². The van der Waals surface area contributed by atoms with Gasteiger partial charge in [0.25, 0.3) is 0 Å². The van der Waals surface area contributed by atoms with Crippen molar-refractivity contribution in [2.45, 2.75) is 6.92 Å². The molecule has 1 heterocycles. The van der Waals surface area contributed by atoms with Gasteiger partial charge in [0.15, 0.2) is 6.29 Å². The zero-order valence-corrected chi connectivity index (χ0v) is 10.8. The molecule has 0 unspecified atom stereocenters. The second-order valence-electron chi connectivity index (χ2n) is 4.27. The van der Waals surface area contributed by atoms with Crippen LogP contribution in [-0.2, 0) is 11.8 Å². The number of aromatic nitrogens is 2. The SMILES string of the molecule is C[C](C(N)=O)c1cccc(-c2cc(C=O)nn2C)c1. The van der Waals surface area contributed by atoms with E-state index in [4.69, 9.17) is 5.73 Å². The van der Waals surface area contributed by atoms with E-state index in [2.05, 4.69) is 5.10 Å². The molecule has 5 heteroatoms.